The van der Waals surface area contributed by atoms with Gasteiger partial charge in [0.15, 0.2) is 0 Å². The second-order valence-corrected chi connectivity index (χ2v) is 7.43. The highest BCUT2D eigenvalue weighted by molar-refractivity contribution is 7.99. The van der Waals surface area contributed by atoms with Gasteiger partial charge in [0.2, 0.25) is 0 Å². The zero-order chi connectivity index (χ0) is 13.6. The average molecular weight is 296 g/mol. The molecule has 0 radical (unpaired) electrons. The van der Waals surface area contributed by atoms with Crippen molar-refractivity contribution in [3.63, 3.8) is 0 Å². The van der Waals surface area contributed by atoms with Crippen LogP contribution in [0.1, 0.15) is 32.6 Å². The van der Waals surface area contributed by atoms with E-state index in [1.54, 1.807) is 0 Å². The third-order valence-electron chi connectivity index (χ3n) is 4.37. The van der Waals surface area contributed by atoms with Crippen molar-refractivity contribution >= 4 is 23.5 Å². The third kappa shape index (κ3) is 4.44. The largest absolute Gasteiger partial charge is 0.317 e. The van der Waals surface area contributed by atoms with Crippen LogP contribution in [-0.4, -0.2) is 25.1 Å². The predicted molar refractivity (Wildman–Crippen MR) is 88.4 cm³/mol. The van der Waals surface area contributed by atoms with Crippen LogP contribution >= 0.6 is 23.5 Å². The van der Waals surface area contributed by atoms with Crippen LogP contribution in [0.15, 0.2) is 34.1 Å². The maximum Gasteiger partial charge on any atom is 0.00727 e. The van der Waals surface area contributed by atoms with Crippen LogP contribution in [0, 0.1) is 5.41 Å². The van der Waals surface area contributed by atoms with Crippen molar-refractivity contribution in [2.24, 2.45) is 5.41 Å². The van der Waals surface area contributed by atoms with Gasteiger partial charge in [-0.1, -0.05) is 13.3 Å². The van der Waals surface area contributed by atoms with Crippen LogP contribution in [0.3, 0.4) is 0 Å². The van der Waals surface area contributed by atoms with Crippen molar-refractivity contribution in [2.45, 2.75) is 42.4 Å². The lowest BCUT2D eigenvalue weighted by Crippen LogP contribution is -2.36. The SMILES string of the molecule is CCC1(CCSc2ccc(SC)cc2)CCNCC1. The molecule has 1 aliphatic heterocycles. The van der Waals surface area contributed by atoms with Crippen LogP contribution in [0.2, 0.25) is 0 Å². The number of benzene rings is 1. The maximum atomic E-state index is 3.49. The molecule has 0 unspecified atom stereocenters. The lowest BCUT2D eigenvalue weighted by Gasteiger charge is -2.37. The van der Waals surface area contributed by atoms with Gasteiger partial charge in [-0.05, 0) is 74.0 Å². The number of hydrogen-bond acceptors (Lipinski definition) is 3. The lowest BCUT2D eigenvalue weighted by atomic mass is 9.75. The first-order valence-corrected chi connectivity index (χ1v) is 9.47. The fourth-order valence-electron chi connectivity index (χ4n) is 2.79. The van der Waals surface area contributed by atoms with Gasteiger partial charge in [0.05, 0.1) is 0 Å². The molecule has 0 spiro atoms. The van der Waals surface area contributed by atoms with E-state index in [2.05, 4.69) is 42.8 Å². The van der Waals surface area contributed by atoms with Crippen molar-refractivity contribution in [3.8, 4) is 0 Å². The van der Waals surface area contributed by atoms with Crippen molar-refractivity contribution in [1.82, 2.24) is 5.32 Å². The summed E-state index contributed by atoms with van der Waals surface area (Å²) in [4.78, 5) is 2.77. The van der Waals surface area contributed by atoms with Crippen LogP contribution in [-0.2, 0) is 0 Å². The van der Waals surface area contributed by atoms with Gasteiger partial charge in [-0.3, -0.25) is 0 Å². The second-order valence-electron chi connectivity index (χ2n) is 5.38. The summed E-state index contributed by atoms with van der Waals surface area (Å²) in [5.41, 5.74) is 0.609. The molecule has 0 atom stereocenters. The molecule has 1 N–H and O–H groups in total. The van der Waals surface area contributed by atoms with Crippen molar-refractivity contribution in [3.05, 3.63) is 24.3 Å². The number of piperidine rings is 1. The van der Waals surface area contributed by atoms with Gasteiger partial charge >= 0.3 is 0 Å². The van der Waals surface area contributed by atoms with Crippen LogP contribution in [0.5, 0.6) is 0 Å². The zero-order valence-electron chi connectivity index (χ0n) is 12.1. The molecule has 1 saturated heterocycles. The summed E-state index contributed by atoms with van der Waals surface area (Å²) in [6.45, 7) is 4.78. The van der Waals surface area contributed by atoms with E-state index in [1.165, 1.54) is 54.3 Å². The smallest absolute Gasteiger partial charge is 0.00727 e. The first-order valence-electron chi connectivity index (χ1n) is 7.25. The molecule has 106 valence electrons. The second kappa shape index (κ2) is 7.61. The van der Waals surface area contributed by atoms with Gasteiger partial charge in [-0.15, -0.1) is 23.5 Å². The van der Waals surface area contributed by atoms with E-state index in [-0.39, 0.29) is 0 Å². The topological polar surface area (TPSA) is 12.0 Å². The summed E-state index contributed by atoms with van der Waals surface area (Å²) in [7, 11) is 0. The fourth-order valence-corrected chi connectivity index (χ4v) is 4.30. The molecule has 0 bridgehead atoms. The summed E-state index contributed by atoms with van der Waals surface area (Å²) in [6.07, 6.45) is 7.54. The Morgan fingerprint density at radius 2 is 1.74 bits per heavy atom. The van der Waals surface area contributed by atoms with Crippen molar-refractivity contribution in [2.75, 3.05) is 25.1 Å². The first kappa shape index (κ1) is 15.3. The Bertz CT molecular complexity index is 369. The molecule has 1 nitrogen and oxygen atoms in total. The van der Waals surface area contributed by atoms with Gasteiger partial charge < -0.3 is 5.32 Å². The van der Waals surface area contributed by atoms with Crippen LogP contribution in [0.4, 0.5) is 0 Å². The highest BCUT2D eigenvalue weighted by atomic mass is 32.2. The van der Waals surface area contributed by atoms with E-state index in [1.807, 2.05) is 23.5 Å². The van der Waals surface area contributed by atoms with Gasteiger partial charge in [0, 0.05) is 9.79 Å². The molecule has 0 aliphatic carbocycles. The Labute approximate surface area is 126 Å². The Morgan fingerprint density at radius 3 is 2.32 bits per heavy atom. The van der Waals surface area contributed by atoms with Gasteiger partial charge in [-0.2, -0.15) is 0 Å². The normalized spacial score (nSPS) is 18.4. The minimum atomic E-state index is 0.609. The minimum Gasteiger partial charge on any atom is -0.317 e. The molecule has 1 heterocycles. The zero-order valence-corrected chi connectivity index (χ0v) is 13.7. The number of hydrogen-bond donors (Lipinski definition) is 1. The monoisotopic (exact) mass is 295 g/mol. The Morgan fingerprint density at radius 1 is 1.11 bits per heavy atom. The third-order valence-corrected chi connectivity index (χ3v) is 6.13. The average Bonchev–Trinajstić information content (AvgIpc) is 2.49. The summed E-state index contributed by atoms with van der Waals surface area (Å²) >= 11 is 3.83. The molecular weight excluding hydrogens is 270 g/mol. The molecule has 1 aliphatic rings. The molecule has 19 heavy (non-hydrogen) atoms. The molecule has 1 aromatic carbocycles. The number of rotatable bonds is 6. The Hall–Kier alpha value is -0.120. The molecular formula is C16H25NS2. The van der Waals surface area contributed by atoms with E-state index in [0.29, 0.717) is 5.41 Å². The summed E-state index contributed by atoms with van der Waals surface area (Å²) in [5.74, 6) is 1.26. The van der Waals surface area contributed by atoms with E-state index in [0.717, 1.165) is 0 Å². The van der Waals surface area contributed by atoms with Crippen molar-refractivity contribution in [1.29, 1.82) is 0 Å². The van der Waals surface area contributed by atoms with Crippen LogP contribution in [0.25, 0.3) is 0 Å². The summed E-state index contributed by atoms with van der Waals surface area (Å²) in [5, 5.41) is 3.49. The quantitative estimate of drug-likeness (QED) is 0.766. The summed E-state index contributed by atoms with van der Waals surface area (Å²) in [6, 6.07) is 8.98. The molecule has 0 amide bonds. The maximum absolute atomic E-state index is 3.49. The highest BCUT2D eigenvalue weighted by Crippen LogP contribution is 2.38. The van der Waals surface area contributed by atoms with Gasteiger partial charge in [0.1, 0.15) is 0 Å². The molecule has 2 rings (SSSR count). The minimum absolute atomic E-state index is 0.609. The Kier molecular flexibility index (Phi) is 6.11. The van der Waals surface area contributed by atoms with E-state index < -0.39 is 0 Å². The molecule has 1 aromatic rings. The standard InChI is InChI=1S/C16H25NS2/c1-3-16(8-11-17-12-9-16)10-13-19-15-6-4-14(18-2)5-7-15/h4-7,17H,3,8-13H2,1-2H3. The fraction of sp³-hybridized carbons (Fsp3) is 0.625. The van der Waals surface area contributed by atoms with Gasteiger partial charge in [-0.25, -0.2) is 0 Å². The summed E-state index contributed by atoms with van der Waals surface area (Å²) < 4.78 is 0. The van der Waals surface area contributed by atoms with Gasteiger partial charge in [0.25, 0.3) is 0 Å². The van der Waals surface area contributed by atoms with E-state index in [9.17, 15) is 0 Å². The molecule has 0 saturated carbocycles. The number of thioether (sulfide) groups is 2. The van der Waals surface area contributed by atoms with E-state index in [4.69, 9.17) is 0 Å². The molecule has 0 aromatic heterocycles. The van der Waals surface area contributed by atoms with E-state index >= 15 is 0 Å². The Balaban J connectivity index is 1.81. The van der Waals surface area contributed by atoms with Crippen LogP contribution < -0.4 is 5.32 Å². The first-order chi connectivity index (χ1) is 9.28. The predicted octanol–water partition coefficient (Wildman–Crippen LogP) is 4.67. The molecule has 3 heteroatoms. The highest BCUT2D eigenvalue weighted by Gasteiger charge is 2.29. The number of nitrogens with one attached hydrogen (secondary N) is 1. The van der Waals surface area contributed by atoms with Crippen molar-refractivity contribution < 1.29 is 0 Å². The lowest BCUT2D eigenvalue weighted by molar-refractivity contribution is 0.187. The molecule has 1 fully saturated rings.